The maximum atomic E-state index is 15.2. The molecule has 230 valence electrons. The van der Waals surface area contributed by atoms with Crippen molar-refractivity contribution in [2.75, 3.05) is 31.2 Å². The lowest BCUT2D eigenvalue weighted by Gasteiger charge is -2.37. The van der Waals surface area contributed by atoms with E-state index in [-0.39, 0.29) is 41.4 Å². The summed E-state index contributed by atoms with van der Waals surface area (Å²) in [5, 5.41) is 16.0. The Morgan fingerprint density at radius 2 is 1.88 bits per heavy atom. The number of fused-ring (bicyclic) bond motifs is 2. The van der Waals surface area contributed by atoms with E-state index in [2.05, 4.69) is 10.6 Å². The van der Waals surface area contributed by atoms with Crippen LogP contribution in [0.5, 0.6) is 0 Å². The predicted octanol–water partition coefficient (Wildman–Crippen LogP) is 4.41. The van der Waals surface area contributed by atoms with Crippen molar-refractivity contribution in [1.82, 2.24) is 14.5 Å². The quantitative estimate of drug-likeness (QED) is 0.369. The van der Waals surface area contributed by atoms with Gasteiger partial charge in [0.15, 0.2) is 0 Å². The molecule has 2 saturated heterocycles. The van der Waals surface area contributed by atoms with Crippen molar-refractivity contribution < 1.29 is 31.9 Å². The lowest BCUT2D eigenvalue weighted by molar-refractivity contribution is -0.121. The van der Waals surface area contributed by atoms with Crippen molar-refractivity contribution in [1.29, 1.82) is 0 Å². The topological polar surface area (TPSA) is 119 Å². The highest BCUT2D eigenvalue weighted by Crippen LogP contribution is 2.32. The summed E-state index contributed by atoms with van der Waals surface area (Å²) in [5.74, 6) is -2.06. The largest absolute Gasteiger partial charge is 0.465 e. The summed E-state index contributed by atoms with van der Waals surface area (Å²) in [5.41, 5.74) is 1.03. The third kappa shape index (κ3) is 7.45. The molecule has 2 heterocycles. The third-order valence-corrected chi connectivity index (χ3v) is 10.2. The Kier molecular flexibility index (Phi) is 10.2. The van der Waals surface area contributed by atoms with Crippen LogP contribution in [0.25, 0.3) is 0 Å². The highest BCUT2D eigenvalue weighted by Gasteiger charge is 2.39. The van der Waals surface area contributed by atoms with Crippen LogP contribution in [0.15, 0.2) is 42.5 Å². The first-order valence-corrected chi connectivity index (χ1v) is 16.0. The molecule has 2 fully saturated rings. The molecule has 4 rings (SSSR count). The van der Waals surface area contributed by atoms with Gasteiger partial charge in [-0.3, -0.25) is 9.69 Å². The summed E-state index contributed by atoms with van der Waals surface area (Å²) in [6.45, 7) is 4.74. The molecule has 2 aromatic carbocycles. The Labute approximate surface area is 246 Å². The minimum atomic E-state index is -3.42. The third-order valence-electron chi connectivity index (χ3n) is 8.26. The van der Waals surface area contributed by atoms with Gasteiger partial charge in [0, 0.05) is 49.4 Å². The van der Waals surface area contributed by atoms with Gasteiger partial charge in [-0.15, -0.1) is 0 Å². The summed E-state index contributed by atoms with van der Waals surface area (Å²) in [6.07, 6.45) is 1.01. The Morgan fingerprint density at radius 3 is 2.55 bits per heavy atom. The van der Waals surface area contributed by atoms with Crippen LogP contribution in [-0.4, -0.2) is 78.7 Å². The molecule has 2 bridgehead atoms. The Bertz CT molecular complexity index is 1370. The number of benzene rings is 2. The van der Waals surface area contributed by atoms with Crippen molar-refractivity contribution in [2.45, 2.75) is 70.0 Å². The molecule has 12 heteroatoms. The predicted molar refractivity (Wildman–Crippen MR) is 157 cm³/mol. The Balaban J connectivity index is 1.60. The first-order chi connectivity index (χ1) is 19.9. The second-order valence-corrected chi connectivity index (χ2v) is 13.7. The van der Waals surface area contributed by atoms with Crippen molar-refractivity contribution >= 4 is 27.7 Å². The minimum Gasteiger partial charge on any atom is -0.465 e. The molecular weight excluding hydrogens is 566 g/mol. The van der Waals surface area contributed by atoms with Gasteiger partial charge in [-0.05, 0) is 67.9 Å². The molecule has 2 aliphatic heterocycles. The molecule has 0 aliphatic carbocycles. The number of hydrogen-bond donors (Lipinski definition) is 3. The average molecular weight is 607 g/mol. The number of carbonyl (C=O) groups is 2. The van der Waals surface area contributed by atoms with Crippen LogP contribution in [0.4, 0.5) is 19.3 Å². The van der Waals surface area contributed by atoms with Crippen molar-refractivity contribution in [2.24, 2.45) is 5.92 Å². The summed E-state index contributed by atoms with van der Waals surface area (Å²) in [4.78, 5) is 26.9. The van der Waals surface area contributed by atoms with Gasteiger partial charge in [0.1, 0.15) is 17.7 Å². The molecule has 3 N–H and O–H groups in total. The lowest BCUT2D eigenvalue weighted by atomic mass is 9.83. The number of nitrogens with zero attached hydrogens (tertiary/aromatic N) is 2. The van der Waals surface area contributed by atoms with E-state index in [1.807, 2.05) is 13.8 Å². The summed E-state index contributed by atoms with van der Waals surface area (Å²) in [7, 11) is -2.11. The maximum Gasteiger partial charge on any atom is 0.407 e. The van der Waals surface area contributed by atoms with Crippen LogP contribution in [0.3, 0.4) is 0 Å². The first-order valence-electron chi connectivity index (χ1n) is 14.4. The lowest BCUT2D eigenvalue weighted by Crippen LogP contribution is -2.57. The average Bonchev–Trinajstić information content (AvgIpc) is 3.04. The van der Waals surface area contributed by atoms with Crippen LogP contribution < -0.4 is 10.6 Å². The summed E-state index contributed by atoms with van der Waals surface area (Å²) in [6, 6.07) is 8.50. The molecule has 0 aromatic heterocycles. The number of piperazine rings is 1. The molecule has 0 radical (unpaired) electrons. The van der Waals surface area contributed by atoms with E-state index in [0.717, 1.165) is 11.3 Å². The standard InChI is InChI=1S/C30H40F2N4O5S/c1-19(2)16-25(20-9-11-21(31)12-10-20)28(35(3)30(38)39)29(37)34-27-8-4-7-26(32)24(27)14-13-23-17-33-22-6-5-15-42(40,41)36(23)18-22/h4,7-12,19,22-23,25,28,33H,5-6,13-18H2,1-3H3,(H,34,37)(H,38,39)/t22-,23?,25-,28+/m1/s1. The van der Waals surface area contributed by atoms with Crippen LogP contribution in [0.2, 0.25) is 0 Å². The van der Waals surface area contributed by atoms with Crippen molar-refractivity contribution in [3.63, 3.8) is 0 Å². The normalized spacial score (nSPS) is 23.0. The monoisotopic (exact) mass is 606 g/mol. The zero-order chi connectivity index (χ0) is 30.6. The van der Waals surface area contributed by atoms with E-state index < -0.39 is 45.6 Å². The fourth-order valence-corrected chi connectivity index (χ4v) is 7.91. The van der Waals surface area contributed by atoms with Crippen LogP contribution in [-0.2, 0) is 21.2 Å². The number of carboxylic acid groups (broad SMARTS) is 1. The SMILES string of the molecule is CC(C)C[C@H](c1ccc(F)cc1)[C@@H](C(=O)Nc1cccc(F)c1CCC1CN[C@@H]2CCCS(=O)(=O)N1C2)N(C)C(=O)O. The molecule has 2 aromatic rings. The minimum absolute atomic E-state index is 0.0845. The number of sulfonamides is 1. The number of hydrogen-bond acceptors (Lipinski definition) is 5. The maximum absolute atomic E-state index is 15.2. The number of anilines is 1. The summed E-state index contributed by atoms with van der Waals surface area (Å²) >= 11 is 0. The van der Waals surface area contributed by atoms with Gasteiger partial charge in [-0.1, -0.05) is 32.0 Å². The summed E-state index contributed by atoms with van der Waals surface area (Å²) < 4.78 is 56.2. The number of halogens is 2. The van der Waals surface area contributed by atoms with Crippen molar-refractivity contribution in [3.05, 3.63) is 65.2 Å². The molecule has 2 unspecified atom stereocenters. The fraction of sp³-hybridized carbons (Fsp3) is 0.533. The highest BCUT2D eigenvalue weighted by molar-refractivity contribution is 7.89. The molecular formula is C30H40F2N4O5S. The zero-order valence-electron chi connectivity index (χ0n) is 24.2. The van der Waals surface area contributed by atoms with Crippen molar-refractivity contribution in [3.8, 4) is 0 Å². The smallest absolute Gasteiger partial charge is 0.407 e. The van der Waals surface area contributed by atoms with E-state index in [9.17, 15) is 27.5 Å². The van der Waals surface area contributed by atoms with Crippen LogP contribution in [0.1, 0.15) is 56.6 Å². The van der Waals surface area contributed by atoms with Gasteiger partial charge in [0.25, 0.3) is 0 Å². The Hall–Kier alpha value is -3.09. The van der Waals surface area contributed by atoms with Crippen LogP contribution in [0, 0.1) is 17.6 Å². The molecule has 5 atom stereocenters. The number of likely N-dealkylation sites (N-methyl/N-ethyl adjacent to an activating group) is 1. The van der Waals surface area contributed by atoms with Gasteiger partial charge in [0.05, 0.1) is 5.75 Å². The number of carbonyl (C=O) groups excluding carboxylic acids is 1. The molecule has 42 heavy (non-hydrogen) atoms. The van der Waals surface area contributed by atoms with Crippen LogP contribution >= 0.6 is 0 Å². The van der Waals surface area contributed by atoms with Gasteiger partial charge in [-0.25, -0.2) is 22.0 Å². The van der Waals surface area contributed by atoms with E-state index >= 15 is 4.39 Å². The van der Waals surface area contributed by atoms with E-state index in [4.69, 9.17) is 0 Å². The highest BCUT2D eigenvalue weighted by atomic mass is 32.2. The van der Waals surface area contributed by atoms with Gasteiger partial charge < -0.3 is 15.7 Å². The number of nitrogens with one attached hydrogen (secondary N) is 2. The van der Waals surface area contributed by atoms with Gasteiger partial charge in [0.2, 0.25) is 15.9 Å². The van der Waals surface area contributed by atoms with Gasteiger partial charge >= 0.3 is 6.09 Å². The molecule has 2 aliphatic rings. The molecule has 0 spiro atoms. The zero-order valence-corrected chi connectivity index (χ0v) is 25.0. The molecule has 0 saturated carbocycles. The first kappa shape index (κ1) is 31.8. The van der Waals surface area contributed by atoms with E-state index in [0.29, 0.717) is 37.9 Å². The molecule has 9 nitrogen and oxygen atoms in total. The number of amides is 2. The molecule has 2 amide bonds. The number of rotatable bonds is 10. The second kappa shape index (κ2) is 13.5. The van der Waals surface area contributed by atoms with E-state index in [1.165, 1.54) is 35.6 Å². The second-order valence-electron chi connectivity index (χ2n) is 11.7. The Morgan fingerprint density at radius 1 is 1.17 bits per heavy atom. The fourth-order valence-electron chi connectivity index (χ4n) is 6.10. The van der Waals surface area contributed by atoms with Gasteiger partial charge in [-0.2, -0.15) is 4.31 Å². The van der Waals surface area contributed by atoms with E-state index in [1.54, 1.807) is 18.2 Å².